The van der Waals surface area contributed by atoms with E-state index in [9.17, 15) is 0 Å². The molecule has 0 unspecified atom stereocenters. The minimum Gasteiger partial charge on any atom is -0.316 e. The van der Waals surface area contributed by atoms with E-state index in [1.165, 1.54) is 70.9 Å². The van der Waals surface area contributed by atoms with Crippen molar-refractivity contribution >= 4 is 0 Å². The second-order valence-electron chi connectivity index (χ2n) is 5.61. The molecule has 0 spiro atoms. The van der Waals surface area contributed by atoms with Gasteiger partial charge in [-0.3, -0.25) is 0 Å². The first-order valence-corrected chi connectivity index (χ1v) is 6.97. The monoisotopic (exact) mass is 211 g/mol. The normalized spacial score (nSPS) is 18.0. The zero-order valence-corrected chi connectivity index (χ0v) is 10.8. The number of hydrogen-bond acceptors (Lipinski definition) is 1. The highest BCUT2D eigenvalue weighted by Crippen LogP contribution is 2.43. The van der Waals surface area contributed by atoms with Crippen LogP contribution in [0.1, 0.15) is 71.6 Å². The minimum atomic E-state index is 0.682. The van der Waals surface area contributed by atoms with Gasteiger partial charge in [-0.2, -0.15) is 0 Å². The lowest BCUT2D eigenvalue weighted by Crippen LogP contribution is -2.22. The van der Waals surface area contributed by atoms with Crippen molar-refractivity contribution in [3.05, 3.63) is 0 Å². The van der Waals surface area contributed by atoms with E-state index in [0.29, 0.717) is 5.41 Å². The van der Waals surface area contributed by atoms with E-state index < -0.39 is 0 Å². The molecule has 1 fully saturated rings. The maximum absolute atomic E-state index is 3.59. The van der Waals surface area contributed by atoms with Crippen LogP contribution in [-0.2, 0) is 0 Å². The molecule has 0 amide bonds. The quantitative estimate of drug-likeness (QED) is 0.536. The van der Waals surface area contributed by atoms with E-state index >= 15 is 0 Å². The van der Waals surface area contributed by atoms with Crippen LogP contribution in [0.15, 0.2) is 0 Å². The lowest BCUT2D eigenvalue weighted by atomic mass is 10.1. The van der Waals surface area contributed by atoms with Gasteiger partial charge in [0.15, 0.2) is 0 Å². The summed E-state index contributed by atoms with van der Waals surface area (Å²) < 4.78 is 0. The van der Waals surface area contributed by atoms with Crippen molar-refractivity contribution in [1.82, 2.24) is 5.32 Å². The van der Waals surface area contributed by atoms with E-state index in [0.717, 1.165) is 0 Å². The summed E-state index contributed by atoms with van der Waals surface area (Å²) >= 11 is 0. The summed E-state index contributed by atoms with van der Waals surface area (Å²) in [7, 11) is 0. The molecule has 0 aromatic carbocycles. The highest BCUT2D eigenvalue weighted by molar-refractivity contribution is 4.90. The molecule has 1 heteroatoms. The molecular weight excluding hydrogens is 182 g/mol. The maximum Gasteiger partial charge on any atom is 0.000517 e. The lowest BCUT2D eigenvalue weighted by molar-refractivity contribution is 0.484. The van der Waals surface area contributed by atoms with Crippen LogP contribution in [-0.4, -0.2) is 13.1 Å². The zero-order chi connectivity index (χ0) is 11.0. The molecule has 1 saturated carbocycles. The topological polar surface area (TPSA) is 12.0 Å². The van der Waals surface area contributed by atoms with Crippen LogP contribution in [0.4, 0.5) is 0 Å². The highest BCUT2D eigenvalue weighted by atomic mass is 14.9. The zero-order valence-electron chi connectivity index (χ0n) is 10.8. The number of unbranched alkanes of at least 4 members (excludes halogenated alkanes) is 6. The fourth-order valence-electron chi connectivity index (χ4n) is 1.99. The van der Waals surface area contributed by atoms with E-state index in [4.69, 9.17) is 0 Å². The first-order valence-electron chi connectivity index (χ1n) is 6.97. The first kappa shape index (κ1) is 13.0. The SMILES string of the molecule is CCCCCCCCCNCC1(C)CC1. The Balaban J connectivity index is 1.70. The van der Waals surface area contributed by atoms with Crippen LogP contribution >= 0.6 is 0 Å². The molecule has 1 nitrogen and oxygen atoms in total. The Morgan fingerprint density at radius 1 is 0.933 bits per heavy atom. The standard InChI is InChI=1S/C14H29N/c1-3-4-5-6-7-8-9-12-15-13-14(2)10-11-14/h15H,3-13H2,1-2H3. The second-order valence-corrected chi connectivity index (χ2v) is 5.61. The molecule has 0 radical (unpaired) electrons. The van der Waals surface area contributed by atoms with Crippen LogP contribution in [0.3, 0.4) is 0 Å². The van der Waals surface area contributed by atoms with Crippen molar-refractivity contribution in [2.24, 2.45) is 5.41 Å². The maximum atomic E-state index is 3.59. The van der Waals surface area contributed by atoms with Crippen LogP contribution in [0, 0.1) is 5.41 Å². The van der Waals surface area contributed by atoms with Crippen LogP contribution in [0.2, 0.25) is 0 Å². The Kier molecular flexibility index (Phi) is 6.31. The third-order valence-corrected chi connectivity index (χ3v) is 3.61. The predicted molar refractivity (Wildman–Crippen MR) is 68.2 cm³/mol. The van der Waals surface area contributed by atoms with E-state index in [-0.39, 0.29) is 0 Å². The third kappa shape index (κ3) is 6.94. The summed E-state index contributed by atoms with van der Waals surface area (Å²) in [6, 6.07) is 0. The molecule has 0 aromatic heterocycles. The van der Waals surface area contributed by atoms with E-state index in [1.807, 2.05) is 0 Å². The first-order chi connectivity index (χ1) is 7.27. The van der Waals surface area contributed by atoms with Gasteiger partial charge in [-0.15, -0.1) is 0 Å². The molecule has 0 heterocycles. The van der Waals surface area contributed by atoms with Gasteiger partial charge in [0.25, 0.3) is 0 Å². The second kappa shape index (κ2) is 7.27. The Morgan fingerprint density at radius 2 is 1.53 bits per heavy atom. The van der Waals surface area contributed by atoms with E-state index in [1.54, 1.807) is 0 Å². The molecule has 1 N–H and O–H groups in total. The average molecular weight is 211 g/mol. The third-order valence-electron chi connectivity index (χ3n) is 3.61. The largest absolute Gasteiger partial charge is 0.316 e. The Labute approximate surface area is 96.0 Å². The van der Waals surface area contributed by atoms with Gasteiger partial charge >= 0.3 is 0 Å². The minimum absolute atomic E-state index is 0.682. The Morgan fingerprint density at radius 3 is 2.13 bits per heavy atom. The molecule has 15 heavy (non-hydrogen) atoms. The highest BCUT2D eigenvalue weighted by Gasteiger charge is 2.36. The summed E-state index contributed by atoms with van der Waals surface area (Å²) in [6.45, 7) is 7.17. The van der Waals surface area contributed by atoms with Gasteiger partial charge in [-0.05, 0) is 31.2 Å². The molecule has 0 atom stereocenters. The Hall–Kier alpha value is -0.0400. The van der Waals surface area contributed by atoms with Gasteiger partial charge in [0, 0.05) is 6.54 Å². The number of nitrogens with one attached hydrogen (secondary N) is 1. The molecule has 90 valence electrons. The van der Waals surface area contributed by atoms with Gasteiger partial charge in [-0.1, -0.05) is 52.4 Å². The molecule has 0 bridgehead atoms. The van der Waals surface area contributed by atoms with Gasteiger partial charge in [-0.25, -0.2) is 0 Å². The molecule has 1 rings (SSSR count). The van der Waals surface area contributed by atoms with E-state index in [2.05, 4.69) is 19.2 Å². The lowest BCUT2D eigenvalue weighted by Gasteiger charge is -2.09. The Bertz CT molecular complexity index is 149. The smallest absolute Gasteiger partial charge is 0.000517 e. The van der Waals surface area contributed by atoms with Crippen molar-refractivity contribution in [3.8, 4) is 0 Å². The molecule has 1 aliphatic carbocycles. The molecule has 0 aliphatic heterocycles. The van der Waals surface area contributed by atoms with Crippen molar-refractivity contribution in [2.45, 2.75) is 71.6 Å². The van der Waals surface area contributed by atoms with Crippen LogP contribution in [0.25, 0.3) is 0 Å². The van der Waals surface area contributed by atoms with Gasteiger partial charge in [0.2, 0.25) is 0 Å². The summed E-state index contributed by atoms with van der Waals surface area (Å²) in [4.78, 5) is 0. The average Bonchev–Trinajstić information content (AvgIpc) is 2.95. The summed E-state index contributed by atoms with van der Waals surface area (Å²) in [5.41, 5.74) is 0.682. The molecular formula is C14H29N. The van der Waals surface area contributed by atoms with Crippen molar-refractivity contribution < 1.29 is 0 Å². The fourth-order valence-corrected chi connectivity index (χ4v) is 1.99. The number of hydrogen-bond donors (Lipinski definition) is 1. The van der Waals surface area contributed by atoms with Crippen molar-refractivity contribution in [1.29, 1.82) is 0 Å². The predicted octanol–water partition coefficient (Wildman–Crippen LogP) is 4.13. The van der Waals surface area contributed by atoms with Crippen molar-refractivity contribution in [3.63, 3.8) is 0 Å². The summed E-state index contributed by atoms with van der Waals surface area (Å²) in [5, 5.41) is 3.59. The van der Waals surface area contributed by atoms with Crippen LogP contribution < -0.4 is 5.32 Å². The summed E-state index contributed by atoms with van der Waals surface area (Å²) in [6.07, 6.45) is 12.8. The number of rotatable bonds is 10. The van der Waals surface area contributed by atoms with Crippen molar-refractivity contribution in [2.75, 3.05) is 13.1 Å². The fraction of sp³-hybridized carbons (Fsp3) is 1.00. The summed E-state index contributed by atoms with van der Waals surface area (Å²) in [5.74, 6) is 0. The molecule has 0 saturated heterocycles. The van der Waals surface area contributed by atoms with Gasteiger partial charge in [0.1, 0.15) is 0 Å². The van der Waals surface area contributed by atoms with Gasteiger partial charge < -0.3 is 5.32 Å². The molecule has 0 aromatic rings. The van der Waals surface area contributed by atoms with Gasteiger partial charge in [0.05, 0.1) is 0 Å². The van der Waals surface area contributed by atoms with Crippen LogP contribution in [0.5, 0.6) is 0 Å². The molecule has 1 aliphatic rings.